The van der Waals surface area contributed by atoms with Gasteiger partial charge in [-0.25, -0.2) is 0 Å². The van der Waals surface area contributed by atoms with Crippen LogP contribution in [-0.2, 0) is 22.6 Å². The van der Waals surface area contributed by atoms with E-state index in [0.717, 1.165) is 56.3 Å². The molecule has 0 N–H and O–H groups in total. The standard InChI is InChI=1S/C25H25ClN2O6/c26-18-9-16(24-17(10-18)13-31-15-33-24)11-22-23(29)19-1-2-21-20(25(19)34-22)12-28(14-32-21)4-3-27-5-7-30-8-6-27/h1-2,9-11H,3-8,12-15H2/b22-11-. The van der Waals surface area contributed by atoms with Gasteiger partial charge in [-0.2, -0.15) is 0 Å². The maximum absolute atomic E-state index is 13.2. The lowest BCUT2D eigenvalue weighted by molar-refractivity contribution is -0.0165. The van der Waals surface area contributed by atoms with E-state index in [1.807, 2.05) is 12.1 Å². The zero-order valence-corrected chi connectivity index (χ0v) is 19.4. The number of allylic oxidation sites excluding steroid dienone is 1. The highest BCUT2D eigenvalue weighted by Crippen LogP contribution is 2.43. The Morgan fingerprint density at radius 3 is 2.74 bits per heavy atom. The van der Waals surface area contributed by atoms with Crippen molar-refractivity contribution >= 4 is 23.5 Å². The monoisotopic (exact) mass is 484 g/mol. The summed E-state index contributed by atoms with van der Waals surface area (Å²) in [4.78, 5) is 17.8. The number of ether oxygens (including phenoxy) is 5. The molecule has 178 valence electrons. The zero-order valence-electron chi connectivity index (χ0n) is 18.7. The number of benzene rings is 2. The van der Waals surface area contributed by atoms with E-state index in [4.69, 9.17) is 35.3 Å². The largest absolute Gasteiger partial charge is 0.478 e. The second kappa shape index (κ2) is 9.20. The molecule has 0 aromatic heterocycles. The summed E-state index contributed by atoms with van der Waals surface area (Å²) in [5.41, 5.74) is 2.98. The Hall–Kier alpha value is -2.62. The van der Waals surface area contributed by atoms with Crippen molar-refractivity contribution in [2.24, 2.45) is 0 Å². The van der Waals surface area contributed by atoms with Crippen LogP contribution in [0.3, 0.4) is 0 Å². The molecule has 2 aromatic rings. The predicted molar refractivity (Wildman–Crippen MR) is 124 cm³/mol. The maximum atomic E-state index is 13.2. The van der Waals surface area contributed by atoms with Crippen LogP contribution in [0.2, 0.25) is 5.02 Å². The Balaban J connectivity index is 1.24. The molecule has 4 aliphatic rings. The molecule has 4 aliphatic heterocycles. The minimum absolute atomic E-state index is 0.158. The van der Waals surface area contributed by atoms with E-state index in [1.165, 1.54) is 0 Å². The van der Waals surface area contributed by atoms with E-state index in [-0.39, 0.29) is 18.3 Å². The molecule has 9 heteroatoms. The minimum Gasteiger partial charge on any atom is -0.478 e. The summed E-state index contributed by atoms with van der Waals surface area (Å²) >= 11 is 6.29. The van der Waals surface area contributed by atoms with Gasteiger partial charge in [-0.05, 0) is 30.3 Å². The predicted octanol–water partition coefficient (Wildman–Crippen LogP) is 3.31. The maximum Gasteiger partial charge on any atom is 0.231 e. The third-order valence-electron chi connectivity index (χ3n) is 6.51. The molecule has 1 saturated heterocycles. The SMILES string of the molecule is O=C1/C(=C/c2cc(Cl)cc3c2OCOC3)Oc2c1ccc1c2CN(CCN2CCOCC2)CO1. The second-order valence-electron chi connectivity index (χ2n) is 8.73. The van der Waals surface area contributed by atoms with Gasteiger partial charge in [-0.15, -0.1) is 0 Å². The molecule has 0 atom stereocenters. The van der Waals surface area contributed by atoms with Crippen molar-refractivity contribution in [2.75, 3.05) is 52.9 Å². The van der Waals surface area contributed by atoms with E-state index >= 15 is 0 Å². The number of nitrogens with zero attached hydrogens (tertiary/aromatic N) is 2. The molecule has 8 nitrogen and oxygen atoms in total. The van der Waals surface area contributed by atoms with Gasteiger partial charge >= 0.3 is 0 Å². The first-order valence-electron chi connectivity index (χ1n) is 11.4. The van der Waals surface area contributed by atoms with E-state index in [0.29, 0.717) is 47.5 Å². The van der Waals surface area contributed by atoms with E-state index in [2.05, 4.69) is 9.80 Å². The Morgan fingerprint density at radius 2 is 1.85 bits per heavy atom. The molecule has 0 aliphatic carbocycles. The lowest BCUT2D eigenvalue weighted by atomic mass is 10.0. The van der Waals surface area contributed by atoms with Crippen molar-refractivity contribution in [1.82, 2.24) is 9.80 Å². The van der Waals surface area contributed by atoms with Crippen molar-refractivity contribution in [2.45, 2.75) is 13.2 Å². The fraction of sp³-hybridized carbons (Fsp3) is 0.400. The fourth-order valence-corrected chi connectivity index (χ4v) is 4.96. The molecule has 4 heterocycles. The van der Waals surface area contributed by atoms with Gasteiger partial charge in [-0.1, -0.05) is 11.6 Å². The molecule has 0 unspecified atom stereocenters. The molecule has 0 saturated carbocycles. The molecule has 2 aromatic carbocycles. The van der Waals surface area contributed by atoms with Crippen LogP contribution in [0.25, 0.3) is 6.08 Å². The van der Waals surface area contributed by atoms with Gasteiger partial charge < -0.3 is 23.7 Å². The van der Waals surface area contributed by atoms with Gasteiger partial charge in [-0.3, -0.25) is 14.6 Å². The van der Waals surface area contributed by atoms with Gasteiger partial charge in [0.05, 0.1) is 30.9 Å². The number of ketones is 1. The van der Waals surface area contributed by atoms with Gasteiger partial charge in [0.15, 0.2) is 12.6 Å². The molecule has 0 radical (unpaired) electrons. The first kappa shape index (κ1) is 21.9. The van der Waals surface area contributed by atoms with Crippen LogP contribution < -0.4 is 14.2 Å². The topological polar surface area (TPSA) is 69.7 Å². The number of halogens is 1. The third kappa shape index (κ3) is 4.16. The molecule has 34 heavy (non-hydrogen) atoms. The number of hydrogen-bond donors (Lipinski definition) is 0. The molecule has 6 rings (SSSR count). The lowest BCUT2D eigenvalue weighted by Gasteiger charge is -2.33. The zero-order chi connectivity index (χ0) is 23.1. The highest BCUT2D eigenvalue weighted by atomic mass is 35.5. The summed E-state index contributed by atoms with van der Waals surface area (Å²) in [6.07, 6.45) is 1.70. The van der Waals surface area contributed by atoms with Crippen molar-refractivity contribution in [3.8, 4) is 17.2 Å². The molecular formula is C25H25ClN2O6. The van der Waals surface area contributed by atoms with Crippen LogP contribution in [0.4, 0.5) is 0 Å². The molecule has 1 fully saturated rings. The average molecular weight is 485 g/mol. The summed E-state index contributed by atoms with van der Waals surface area (Å²) in [7, 11) is 0. The van der Waals surface area contributed by atoms with Crippen LogP contribution in [0.15, 0.2) is 30.0 Å². The Kier molecular flexibility index (Phi) is 5.92. The smallest absolute Gasteiger partial charge is 0.231 e. The normalized spacial score (nSPS) is 21.3. The average Bonchev–Trinajstić information content (AvgIpc) is 3.18. The number of carbonyl (C=O) groups excluding carboxylic acids is 1. The fourth-order valence-electron chi connectivity index (χ4n) is 4.71. The third-order valence-corrected chi connectivity index (χ3v) is 6.73. The number of fused-ring (bicyclic) bond motifs is 4. The van der Waals surface area contributed by atoms with Crippen LogP contribution in [-0.4, -0.2) is 68.5 Å². The highest BCUT2D eigenvalue weighted by Gasteiger charge is 2.34. The Labute approximate surface area is 202 Å². The molecule has 0 bridgehead atoms. The van der Waals surface area contributed by atoms with E-state index in [9.17, 15) is 4.79 Å². The van der Waals surface area contributed by atoms with Crippen molar-refractivity contribution in [3.63, 3.8) is 0 Å². The van der Waals surface area contributed by atoms with Gasteiger partial charge in [0, 0.05) is 48.9 Å². The summed E-state index contributed by atoms with van der Waals surface area (Å²) in [6, 6.07) is 7.21. The van der Waals surface area contributed by atoms with Gasteiger partial charge in [0.25, 0.3) is 0 Å². The van der Waals surface area contributed by atoms with Crippen LogP contribution >= 0.6 is 11.6 Å². The first-order chi connectivity index (χ1) is 16.7. The molecule has 0 spiro atoms. The number of morpholine rings is 1. The number of Topliss-reactive ketones (excluding diaryl/α,β-unsaturated/α-hetero) is 1. The number of rotatable bonds is 4. The summed E-state index contributed by atoms with van der Waals surface area (Å²) in [5.74, 6) is 2.08. The molecular weight excluding hydrogens is 460 g/mol. The molecule has 0 amide bonds. The van der Waals surface area contributed by atoms with Crippen LogP contribution in [0.1, 0.15) is 27.0 Å². The second-order valence-corrected chi connectivity index (χ2v) is 9.17. The minimum atomic E-state index is -0.163. The number of hydrogen-bond acceptors (Lipinski definition) is 8. The van der Waals surface area contributed by atoms with E-state index < -0.39 is 0 Å². The van der Waals surface area contributed by atoms with Crippen LogP contribution in [0, 0.1) is 0 Å². The van der Waals surface area contributed by atoms with Gasteiger partial charge in [0.1, 0.15) is 24.0 Å². The van der Waals surface area contributed by atoms with Crippen molar-refractivity contribution < 1.29 is 28.5 Å². The van der Waals surface area contributed by atoms with E-state index in [1.54, 1.807) is 18.2 Å². The van der Waals surface area contributed by atoms with Crippen molar-refractivity contribution in [1.29, 1.82) is 0 Å². The lowest BCUT2D eigenvalue weighted by Crippen LogP contribution is -2.43. The quantitative estimate of drug-likeness (QED) is 0.612. The summed E-state index contributed by atoms with van der Waals surface area (Å²) < 4.78 is 28.6. The summed E-state index contributed by atoms with van der Waals surface area (Å²) in [6.45, 7) is 7.04. The number of carbonyl (C=O) groups is 1. The summed E-state index contributed by atoms with van der Waals surface area (Å²) in [5, 5.41) is 0.546. The van der Waals surface area contributed by atoms with Gasteiger partial charge in [0.2, 0.25) is 5.78 Å². The van der Waals surface area contributed by atoms with Crippen LogP contribution in [0.5, 0.6) is 17.2 Å². The Bertz CT molecular complexity index is 1160. The highest BCUT2D eigenvalue weighted by molar-refractivity contribution is 6.31. The first-order valence-corrected chi connectivity index (χ1v) is 11.8. The Morgan fingerprint density at radius 1 is 1.00 bits per heavy atom. The van der Waals surface area contributed by atoms with Crippen molar-refractivity contribution in [3.05, 3.63) is 57.3 Å².